The molecule has 0 aliphatic heterocycles. The molecular formula is C16H26F3NO2. The predicted molar refractivity (Wildman–Crippen MR) is 77.4 cm³/mol. The highest BCUT2D eigenvalue weighted by molar-refractivity contribution is 5.69. The van der Waals surface area contributed by atoms with Gasteiger partial charge in [0, 0.05) is 0 Å². The van der Waals surface area contributed by atoms with E-state index in [9.17, 15) is 18.0 Å². The summed E-state index contributed by atoms with van der Waals surface area (Å²) in [5.74, 6) is 0.298. The zero-order valence-electron chi connectivity index (χ0n) is 13.9. The fraction of sp³-hybridized carbons (Fsp3) is 0.938. The number of halogens is 3. The van der Waals surface area contributed by atoms with Gasteiger partial charge in [0.15, 0.2) is 0 Å². The van der Waals surface area contributed by atoms with E-state index in [2.05, 4.69) is 5.32 Å². The van der Waals surface area contributed by atoms with Crippen molar-refractivity contribution in [3.05, 3.63) is 0 Å². The van der Waals surface area contributed by atoms with E-state index in [1.165, 1.54) is 0 Å². The standard InChI is InChI=1S/C16H26F3NO2/c1-13(2,3)22-12(21)20-15(9-16(17,18)19)7-6-10-8-11(15)14(10,4)5/h10-11H,6-9H2,1-5H3,(H,20,21)/t10-,11+,15+/m0/s1. The quantitative estimate of drug-likeness (QED) is 0.803. The first-order chi connectivity index (χ1) is 9.75. The van der Waals surface area contributed by atoms with E-state index >= 15 is 0 Å². The molecule has 0 heterocycles. The lowest BCUT2D eigenvalue weighted by atomic mass is 9.42. The molecule has 0 radical (unpaired) electrons. The lowest BCUT2D eigenvalue weighted by Crippen LogP contribution is -2.69. The van der Waals surface area contributed by atoms with Crippen LogP contribution in [0.25, 0.3) is 0 Å². The summed E-state index contributed by atoms with van der Waals surface area (Å²) in [6, 6.07) is 0. The number of hydrogen-bond donors (Lipinski definition) is 1. The second-order valence-electron chi connectivity index (χ2n) is 8.42. The Kier molecular flexibility index (Phi) is 3.98. The third-order valence-corrected chi connectivity index (χ3v) is 5.34. The van der Waals surface area contributed by atoms with E-state index in [-0.39, 0.29) is 11.3 Å². The molecule has 3 atom stereocenters. The van der Waals surface area contributed by atoms with Crippen LogP contribution in [0.15, 0.2) is 0 Å². The minimum absolute atomic E-state index is 0.159. The number of fused-ring (bicyclic) bond motifs is 2. The molecule has 3 saturated carbocycles. The molecule has 0 spiro atoms. The summed E-state index contributed by atoms with van der Waals surface area (Å²) in [7, 11) is 0. The minimum atomic E-state index is -4.31. The van der Waals surface area contributed by atoms with Gasteiger partial charge in [-0.3, -0.25) is 0 Å². The third kappa shape index (κ3) is 3.35. The molecule has 3 nitrogen and oxygen atoms in total. The average molecular weight is 321 g/mol. The number of alkyl carbamates (subject to hydrolysis) is 1. The SMILES string of the molecule is CC(C)(C)OC(=O)N[C@@]1(CC(F)(F)F)CC[C@H]2C[C@@H]1C2(C)C. The van der Waals surface area contributed by atoms with Crippen molar-refractivity contribution >= 4 is 6.09 Å². The Morgan fingerprint density at radius 3 is 2.27 bits per heavy atom. The zero-order chi connectivity index (χ0) is 17.0. The Morgan fingerprint density at radius 1 is 1.27 bits per heavy atom. The topological polar surface area (TPSA) is 38.3 Å². The van der Waals surface area contributed by atoms with Crippen LogP contribution in [0.3, 0.4) is 0 Å². The van der Waals surface area contributed by atoms with Gasteiger partial charge in [-0.2, -0.15) is 13.2 Å². The van der Waals surface area contributed by atoms with E-state index in [1.807, 2.05) is 13.8 Å². The summed E-state index contributed by atoms with van der Waals surface area (Å²) in [6.07, 6.45) is -4.22. The maximum Gasteiger partial charge on any atom is 0.408 e. The molecule has 128 valence electrons. The van der Waals surface area contributed by atoms with Gasteiger partial charge in [-0.1, -0.05) is 13.8 Å². The maximum absolute atomic E-state index is 13.1. The number of alkyl halides is 3. The molecule has 3 rings (SSSR count). The number of hydrogen-bond acceptors (Lipinski definition) is 2. The van der Waals surface area contributed by atoms with Crippen molar-refractivity contribution in [1.82, 2.24) is 5.32 Å². The summed E-state index contributed by atoms with van der Waals surface area (Å²) in [5, 5.41) is 2.61. The van der Waals surface area contributed by atoms with Gasteiger partial charge in [0.2, 0.25) is 0 Å². The van der Waals surface area contributed by atoms with Crippen LogP contribution in [0, 0.1) is 17.3 Å². The number of ether oxygens (including phenoxy) is 1. The van der Waals surface area contributed by atoms with Gasteiger partial charge in [0.1, 0.15) is 5.60 Å². The molecule has 0 unspecified atom stereocenters. The van der Waals surface area contributed by atoms with Gasteiger partial charge in [-0.25, -0.2) is 4.79 Å². The fourth-order valence-corrected chi connectivity index (χ4v) is 4.32. The van der Waals surface area contributed by atoms with Gasteiger partial charge in [-0.05, 0) is 57.3 Å². The van der Waals surface area contributed by atoms with Crippen molar-refractivity contribution in [2.24, 2.45) is 17.3 Å². The zero-order valence-corrected chi connectivity index (χ0v) is 13.9. The Bertz CT molecular complexity index is 451. The molecule has 6 heteroatoms. The lowest BCUT2D eigenvalue weighted by Gasteiger charge is -2.65. The molecule has 0 aromatic carbocycles. The minimum Gasteiger partial charge on any atom is -0.444 e. The molecule has 1 amide bonds. The largest absolute Gasteiger partial charge is 0.444 e. The van der Waals surface area contributed by atoms with Gasteiger partial charge >= 0.3 is 12.3 Å². The van der Waals surface area contributed by atoms with E-state index in [1.54, 1.807) is 20.8 Å². The summed E-state index contributed by atoms with van der Waals surface area (Å²) >= 11 is 0. The van der Waals surface area contributed by atoms with Crippen molar-refractivity contribution in [3.8, 4) is 0 Å². The summed E-state index contributed by atoms with van der Waals surface area (Å²) in [4.78, 5) is 12.1. The lowest BCUT2D eigenvalue weighted by molar-refractivity contribution is -0.197. The number of carbonyl (C=O) groups excluding carboxylic acids is 1. The molecule has 3 fully saturated rings. The van der Waals surface area contributed by atoms with Crippen LogP contribution in [0.5, 0.6) is 0 Å². The molecule has 0 saturated heterocycles. The highest BCUT2D eigenvalue weighted by Gasteiger charge is 2.64. The van der Waals surface area contributed by atoms with Gasteiger partial charge in [0.25, 0.3) is 0 Å². The van der Waals surface area contributed by atoms with Gasteiger partial charge in [-0.15, -0.1) is 0 Å². The van der Waals surface area contributed by atoms with Crippen LogP contribution in [0.2, 0.25) is 0 Å². The molecule has 0 aromatic heterocycles. The predicted octanol–water partition coefficient (Wildman–Crippen LogP) is 4.66. The van der Waals surface area contributed by atoms with Crippen LogP contribution < -0.4 is 5.32 Å². The van der Waals surface area contributed by atoms with Crippen LogP contribution in [0.4, 0.5) is 18.0 Å². The van der Waals surface area contributed by atoms with E-state index in [4.69, 9.17) is 4.74 Å². The van der Waals surface area contributed by atoms with Gasteiger partial charge in [0.05, 0.1) is 12.0 Å². The smallest absolute Gasteiger partial charge is 0.408 e. The Hall–Kier alpha value is -0.940. The third-order valence-electron chi connectivity index (χ3n) is 5.34. The number of rotatable bonds is 2. The number of carbonyl (C=O) groups is 1. The molecular weight excluding hydrogens is 295 g/mol. The molecule has 0 aromatic rings. The van der Waals surface area contributed by atoms with Crippen LogP contribution in [-0.2, 0) is 4.74 Å². The first-order valence-electron chi connectivity index (χ1n) is 7.83. The number of amides is 1. The molecule has 3 aliphatic rings. The first kappa shape index (κ1) is 17.4. The van der Waals surface area contributed by atoms with Crippen LogP contribution >= 0.6 is 0 Å². The average Bonchev–Trinajstić information content (AvgIpc) is 2.22. The molecule has 2 bridgehead atoms. The molecule has 3 aliphatic carbocycles. The number of nitrogens with one attached hydrogen (secondary N) is 1. The van der Waals surface area contributed by atoms with Crippen LogP contribution in [-0.4, -0.2) is 23.4 Å². The summed E-state index contributed by atoms with van der Waals surface area (Å²) in [5.41, 5.74) is -2.13. The van der Waals surface area contributed by atoms with Crippen molar-refractivity contribution in [1.29, 1.82) is 0 Å². The monoisotopic (exact) mass is 321 g/mol. The Labute approximate surface area is 130 Å². The summed E-state index contributed by atoms with van der Waals surface area (Å²) < 4.78 is 44.6. The van der Waals surface area contributed by atoms with Crippen molar-refractivity contribution in [3.63, 3.8) is 0 Å². The molecule has 1 N–H and O–H groups in total. The highest BCUT2D eigenvalue weighted by Crippen LogP contribution is 2.64. The molecule has 22 heavy (non-hydrogen) atoms. The Morgan fingerprint density at radius 2 is 1.86 bits per heavy atom. The maximum atomic E-state index is 13.1. The highest BCUT2D eigenvalue weighted by atomic mass is 19.4. The fourth-order valence-electron chi connectivity index (χ4n) is 4.32. The van der Waals surface area contributed by atoms with E-state index < -0.39 is 29.8 Å². The Balaban J connectivity index is 2.22. The second kappa shape index (κ2) is 5.03. The second-order valence-corrected chi connectivity index (χ2v) is 8.42. The van der Waals surface area contributed by atoms with E-state index in [0.717, 1.165) is 12.8 Å². The van der Waals surface area contributed by atoms with Crippen LogP contribution in [0.1, 0.15) is 60.3 Å². The van der Waals surface area contributed by atoms with Gasteiger partial charge < -0.3 is 10.1 Å². The normalized spacial score (nSPS) is 33.8. The van der Waals surface area contributed by atoms with E-state index in [0.29, 0.717) is 12.3 Å². The summed E-state index contributed by atoms with van der Waals surface area (Å²) in [6.45, 7) is 9.12. The first-order valence-corrected chi connectivity index (χ1v) is 7.83. The van der Waals surface area contributed by atoms with Crippen molar-refractivity contribution < 1.29 is 22.7 Å². The van der Waals surface area contributed by atoms with Crippen molar-refractivity contribution in [2.75, 3.05) is 0 Å². The van der Waals surface area contributed by atoms with Crippen molar-refractivity contribution in [2.45, 2.75) is 77.6 Å².